The molecule has 0 aromatic heterocycles. The van der Waals surface area contributed by atoms with E-state index in [0.29, 0.717) is 18.7 Å². The summed E-state index contributed by atoms with van der Waals surface area (Å²) in [4.78, 5) is -0.163. The van der Waals surface area contributed by atoms with Gasteiger partial charge in [-0.2, -0.15) is 0 Å². The molecule has 2 fully saturated rings. The van der Waals surface area contributed by atoms with Crippen LogP contribution in [0.3, 0.4) is 0 Å². The summed E-state index contributed by atoms with van der Waals surface area (Å²) < 4.78 is 52.1. The predicted molar refractivity (Wildman–Crippen MR) is 87.1 cm³/mol. The van der Waals surface area contributed by atoms with Crippen molar-refractivity contribution in [2.24, 2.45) is 0 Å². The summed E-state index contributed by atoms with van der Waals surface area (Å²) in [6.45, 7) is 0.518. The summed E-state index contributed by atoms with van der Waals surface area (Å²) in [6, 6.07) is 4.11. The number of sulfonamides is 1. The molecule has 2 heterocycles. The maximum atomic E-state index is 13.6. The summed E-state index contributed by atoms with van der Waals surface area (Å²) in [5.74, 6) is -0.474. The monoisotopic (exact) mass is 358 g/mol. The van der Waals surface area contributed by atoms with Crippen LogP contribution in [0.15, 0.2) is 23.1 Å². The molecule has 0 amide bonds. The molecule has 134 valence electrons. The normalized spacial score (nSPS) is 26.5. The van der Waals surface area contributed by atoms with Crippen molar-refractivity contribution in [3.05, 3.63) is 24.0 Å². The van der Waals surface area contributed by atoms with Gasteiger partial charge in [0, 0.05) is 25.2 Å². The molecule has 2 bridgehead atoms. The lowest BCUT2D eigenvalue weighted by Crippen LogP contribution is -2.47. The van der Waals surface area contributed by atoms with Crippen LogP contribution in [0, 0.1) is 5.82 Å². The summed E-state index contributed by atoms with van der Waals surface area (Å²) in [7, 11) is -2.33. The number of methoxy groups -OCH3 is 1. The molecule has 2 saturated heterocycles. The lowest BCUT2D eigenvalue weighted by Gasteiger charge is -2.29. The number of piperidine rings is 1. The number of nitrogens with one attached hydrogen (secondary N) is 2. The molecular weight excluding hydrogens is 335 g/mol. The van der Waals surface area contributed by atoms with Crippen molar-refractivity contribution < 1.29 is 22.3 Å². The highest BCUT2D eigenvalue weighted by atomic mass is 32.2. The van der Waals surface area contributed by atoms with Gasteiger partial charge >= 0.3 is 0 Å². The summed E-state index contributed by atoms with van der Waals surface area (Å²) >= 11 is 0. The van der Waals surface area contributed by atoms with Crippen molar-refractivity contribution in [2.45, 2.75) is 48.7 Å². The Kier molecular flexibility index (Phi) is 5.39. The highest BCUT2D eigenvalue weighted by Gasteiger charge is 2.36. The fourth-order valence-electron chi connectivity index (χ4n) is 3.48. The Labute approximate surface area is 141 Å². The van der Waals surface area contributed by atoms with Crippen molar-refractivity contribution >= 4 is 10.0 Å². The van der Waals surface area contributed by atoms with Crippen LogP contribution < -0.4 is 14.8 Å². The summed E-state index contributed by atoms with van der Waals surface area (Å²) in [5, 5.41) is 3.47. The first-order chi connectivity index (χ1) is 11.5. The van der Waals surface area contributed by atoms with Crippen LogP contribution >= 0.6 is 0 Å². The van der Waals surface area contributed by atoms with Gasteiger partial charge in [-0.1, -0.05) is 0 Å². The standard InChI is InChI=1S/C16H23FN2O4S/c1-22-6-7-23-15-5-2-11(17)8-16(15)24(20,21)19-14-9-12-3-4-13(10-14)18-12/h2,5,8,12-14,18-19H,3-4,6-7,9-10H2,1H3. The van der Waals surface area contributed by atoms with Gasteiger partial charge < -0.3 is 14.8 Å². The van der Waals surface area contributed by atoms with Gasteiger partial charge in [0.25, 0.3) is 0 Å². The van der Waals surface area contributed by atoms with E-state index < -0.39 is 15.8 Å². The zero-order valence-corrected chi connectivity index (χ0v) is 14.4. The molecule has 2 aliphatic heterocycles. The van der Waals surface area contributed by atoms with Gasteiger partial charge in [-0.25, -0.2) is 17.5 Å². The zero-order chi connectivity index (χ0) is 17.2. The lowest BCUT2D eigenvalue weighted by molar-refractivity contribution is 0.144. The van der Waals surface area contributed by atoms with Gasteiger partial charge in [0.15, 0.2) is 0 Å². The Morgan fingerprint density at radius 1 is 1.25 bits per heavy atom. The molecule has 2 unspecified atom stereocenters. The topological polar surface area (TPSA) is 76.7 Å². The number of benzene rings is 1. The van der Waals surface area contributed by atoms with E-state index in [1.165, 1.54) is 19.2 Å². The second-order valence-electron chi connectivity index (χ2n) is 6.36. The van der Waals surface area contributed by atoms with E-state index >= 15 is 0 Å². The Balaban J connectivity index is 1.76. The molecule has 1 aromatic rings. The molecule has 2 N–H and O–H groups in total. The third-order valence-corrected chi connectivity index (χ3v) is 6.08. The average Bonchev–Trinajstić information content (AvgIpc) is 2.87. The molecule has 6 nitrogen and oxygen atoms in total. The Hall–Kier alpha value is -1.22. The minimum atomic E-state index is -3.85. The number of hydrogen-bond donors (Lipinski definition) is 2. The fourth-order valence-corrected chi connectivity index (χ4v) is 4.90. The van der Waals surface area contributed by atoms with Crippen molar-refractivity contribution in [1.82, 2.24) is 10.0 Å². The van der Waals surface area contributed by atoms with Crippen LogP contribution in [-0.4, -0.2) is 46.9 Å². The molecule has 2 aliphatic rings. The molecule has 2 atom stereocenters. The van der Waals surface area contributed by atoms with E-state index in [4.69, 9.17) is 9.47 Å². The highest BCUT2D eigenvalue weighted by Crippen LogP contribution is 2.30. The SMILES string of the molecule is COCCOc1ccc(F)cc1S(=O)(=O)NC1CC2CCC(C1)N2. The van der Waals surface area contributed by atoms with Crippen molar-refractivity contribution in [1.29, 1.82) is 0 Å². The second-order valence-corrected chi connectivity index (χ2v) is 8.04. The van der Waals surface area contributed by atoms with E-state index in [2.05, 4.69) is 10.0 Å². The maximum absolute atomic E-state index is 13.6. The van der Waals surface area contributed by atoms with Gasteiger partial charge in [-0.3, -0.25) is 0 Å². The quantitative estimate of drug-likeness (QED) is 0.721. The van der Waals surface area contributed by atoms with Gasteiger partial charge in [-0.05, 0) is 43.9 Å². The molecule has 3 rings (SSSR count). The maximum Gasteiger partial charge on any atom is 0.244 e. The average molecular weight is 358 g/mol. The molecule has 0 saturated carbocycles. The van der Waals surface area contributed by atoms with Gasteiger partial charge in [0.05, 0.1) is 6.61 Å². The molecule has 1 aromatic carbocycles. The molecule has 8 heteroatoms. The van der Waals surface area contributed by atoms with Gasteiger partial charge in [-0.15, -0.1) is 0 Å². The number of fused-ring (bicyclic) bond motifs is 2. The predicted octanol–water partition coefficient (Wildman–Crippen LogP) is 1.41. The Bertz CT molecular complexity index is 671. The fraction of sp³-hybridized carbons (Fsp3) is 0.625. The van der Waals surface area contributed by atoms with Crippen LogP contribution in [0.5, 0.6) is 5.75 Å². The number of hydrogen-bond acceptors (Lipinski definition) is 5. The molecule has 0 radical (unpaired) electrons. The first kappa shape index (κ1) is 17.6. The van der Waals surface area contributed by atoms with E-state index in [9.17, 15) is 12.8 Å². The first-order valence-corrected chi connectivity index (χ1v) is 9.66. The van der Waals surface area contributed by atoms with Crippen LogP contribution in [0.4, 0.5) is 4.39 Å². The summed E-state index contributed by atoms with van der Waals surface area (Å²) in [5.41, 5.74) is 0. The Morgan fingerprint density at radius 2 is 1.96 bits per heavy atom. The van der Waals surface area contributed by atoms with E-state index in [1.54, 1.807) is 0 Å². The number of rotatable bonds is 7. The molecule has 24 heavy (non-hydrogen) atoms. The van der Waals surface area contributed by atoms with E-state index in [0.717, 1.165) is 31.7 Å². The smallest absolute Gasteiger partial charge is 0.244 e. The van der Waals surface area contributed by atoms with E-state index in [-0.39, 0.29) is 23.3 Å². The lowest BCUT2D eigenvalue weighted by atomic mass is 10.0. The first-order valence-electron chi connectivity index (χ1n) is 8.17. The highest BCUT2D eigenvalue weighted by molar-refractivity contribution is 7.89. The zero-order valence-electron chi connectivity index (χ0n) is 13.6. The molecule has 0 aliphatic carbocycles. The minimum Gasteiger partial charge on any atom is -0.490 e. The van der Waals surface area contributed by atoms with E-state index in [1.807, 2.05) is 0 Å². The molecule has 0 spiro atoms. The van der Waals surface area contributed by atoms with Crippen molar-refractivity contribution in [2.75, 3.05) is 20.3 Å². The van der Waals surface area contributed by atoms with Gasteiger partial charge in [0.1, 0.15) is 23.1 Å². The minimum absolute atomic E-state index is 0.135. The van der Waals surface area contributed by atoms with Crippen molar-refractivity contribution in [3.8, 4) is 5.75 Å². The van der Waals surface area contributed by atoms with Crippen LogP contribution in [0.1, 0.15) is 25.7 Å². The van der Waals surface area contributed by atoms with Crippen molar-refractivity contribution in [3.63, 3.8) is 0 Å². The summed E-state index contributed by atoms with van der Waals surface area (Å²) in [6.07, 6.45) is 3.66. The van der Waals surface area contributed by atoms with Crippen LogP contribution in [0.2, 0.25) is 0 Å². The molecular formula is C16H23FN2O4S. The largest absolute Gasteiger partial charge is 0.490 e. The number of ether oxygens (including phenoxy) is 2. The third-order valence-electron chi connectivity index (χ3n) is 4.54. The second kappa shape index (κ2) is 7.35. The van der Waals surface area contributed by atoms with Gasteiger partial charge in [0.2, 0.25) is 10.0 Å². The number of halogens is 1. The Morgan fingerprint density at radius 3 is 2.62 bits per heavy atom. The third kappa shape index (κ3) is 4.05. The van der Waals surface area contributed by atoms with Crippen LogP contribution in [-0.2, 0) is 14.8 Å². The van der Waals surface area contributed by atoms with Crippen LogP contribution in [0.25, 0.3) is 0 Å².